The number of benzene rings is 2. The van der Waals surface area contributed by atoms with Gasteiger partial charge in [-0.25, -0.2) is 8.42 Å². The van der Waals surface area contributed by atoms with Crippen LogP contribution in [0.15, 0.2) is 64.0 Å². The van der Waals surface area contributed by atoms with Crippen LogP contribution in [0.1, 0.15) is 16.1 Å². The van der Waals surface area contributed by atoms with E-state index in [1.165, 1.54) is 30.3 Å². The lowest BCUT2D eigenvalue weighted by Crippen LogP contribution is -2.15. The van der Waals surface area contributed by atoms with E-state index in [2.05, 4.69) is 15.2 Å². The van der Waals surface area contributed by atoms with Crippen molar-refractivity contribution in [2.45, 2.75) is 11.8 Å². The van der Waals surface area contributed by atoms with E-state index in [4.69, 9.17) is 10.3 Å². The van der Waals surface area contributed by atoms with Crippen LogP contribution >= 0.6 is 0 Å². The molecule has 0 aliphatic heterocycles. The van der Waals surface area contributed by atoms with E-state index in [0.29, 0.717) is 22.7 Å². The van der Waals surface area contributed by atoms with Gasteiger partial charge < -0.3 is 15.6 Å². The van der Waals surface area contributed by atoms with Crippen molar-refractivity contribution in [3.05, 3.63) is 65.9 Å². The van der Waals surface area contributed by atoms with E-state index < -0.39 is 10.0 Å². The van der Waals surface area contributed by atoms with E-state index in [9.17, 15) is 13.2 Å². The van der Waals surface area contributed by atoms with E-state index in [1.54, 1.807) is 31.2 Å². The van der Waals surface area contributed by atoms with Crippen molar-refractivity contribution >= 4 is 33.1 Å². The Bertz CT molecular complexity index is 1040. The zero-order chi connectivity index (χ0) is 18.7. The molecule has 0 radical (unpaired) electrons. The number of anilines is 3. The van der Waals surface area contributed by atoms with Gasteiger partial charge in [0.2, 0.25) is 0 Å². The maximum Gasteiger partial charge on any atom is 0.263 e. The number of amides is 1. The smallest absolute Gasteiger partial charge is 0.263 e. The third kappa shape index (κ3) is 3.83. The predicted molar refractivity (Wildman–Crippen MR) is 97.3 cm³/mol. The van der Waals surface area contributed by atoms with Crippen molar-refractivity contribution in [2.24, 2.45) is 0 Å². The Kier molecular flexibility index (Phi) is 4.63. The molecule has 3 aromatic rings. The quantitative estimate of drug-likeness (QED) is 0.591. The summed E-state index contributed by atoms with van der Waals surface area (Å²) in [4.78, 5) is 12.2. The maximum atomic E-state index is 12.3. The van der Waals surface area contributed by atoms with Gasteiger partial charge in [-0.05, 0) is 43.3 Å². The summed E-state index contributed by atoms with van der Waals surface area (Å²) in [5.41, 5.74) is 6.91. The van der Waals surface area contributed by atoms with Crippen molar-refractivity contribution in [2.75, 3.05) is 15.8 Å². The molecule has 9 heteroatoms. The van der Waals surface area contributed by atoms with Crippen molar-refractivity contribution in [1.29, 1.82) is 0 Å². The van der Waals surface area contributed by atoms with Gasteiger partial charge in [0, 0.05) is 17.4 Å². The highest BCUT2D eigenvalue weighted by atomic mass is 32.2. The first-order valence-corrected chi connectivity index (χ1v) is 9.05. The van der Waals surface area contributed by atoms with Crippen molar-refractivity contribution < 1.29 is 17.7 Å². The van der Waals surface area contributed by atoms with E-state index in [1.807, 2.05) is 0 Å². The number of sulfonamides is 1. The number of aromatic nitrogens is 1. The minimum atomic E-state index is -3.81. The number of para-hydroxylation sites is 1. The number of nitrogens with two attached hydrogens (primary N) is 1. The number of carbonyl (C=O) groups excluding carboxylic acids is 1. The number of hydrogen-bond acceptors (Lipinski definition) is 6. The summed E-state index contributed by atoms with van der Waals surface area (Å²) >= 11 is 0. The van der Waals surface area contributed by atoms with Gasteiger partial charge in [0.15, 0.2) is 5.82 Å². The molecule has 3 rings (SSSR count). The summed E-state index contributed by atoms with van der Waals surface area (Å²) in [5, 5.41) is 6.26. The minimum absolute atomic E-state index is 0.0235. The normalized spacial score (nSPS) is 11.1. The van der Waals surface area contributed by atoms with Gasteiger partial charge in [-0.2, -0.15) is 0 Å². The lowest BCUT2D eigenvalue weighted by atomic mass is 10.1. The van der Waals surface area contributed by atoms with Crippen molar-refractivity contribution in [3.63, 3.8) is 0 Å². The van der Waals surface area contributed by atoms with Crippen LogP contribution < -0.4 is 15.8 Å². The molecule has 0 saturated carbocycles. The van der Waals surface area contributed by atoms with Gasteiger partial charge in [0.25, 0.3) is 15.9 Å². The summed E-state index contributed by atoms with van der Waals surface area (Å²) in [7, 11) is -3.81. The average molecular weight is 372 g/mol. The first-order valence-electron chi connectivity index (χ1n) is 7.57. The van der Waals surface area contributed by atoms with Crippen LogP contribution in [0.4, 0.5) is 17.2 Å². The van der Waals surface area contributed by atoms with Gasteiger partial charge in [-0.3, -0.25) is 9.52 Å². The van der Waals surface area contributed by atoms with Crippen LogP contribution in [0.2, 0.25) is 0 Å². The molecule has 0 atom stereocenters. The molecule has 0 aliphatic rings. The Balaban J connectivity index is 1.74. The zero-order valence-corrected chi connectivity index (χ0v) is 14.6. The summed E-state index contributed by atoms with van der Waals surface area (Å²) in [6, 6.07) is 13.9. The minimum Gasteiger partial charge on any atom is -0.398 e. The Morgan fingerprint density at radius 3 is 2.42 bits per heavy atom. The number of nitrogens with zero attached hydrogens (tertiary/aromatic N) is 1. The fourth-order valence-electron chi connectivity index (χ4n) is 2.23. The molecule has 0 saturated heterocycles. The predicted octanol–water partition coefficient (Wildman–Crippen LogP) is 2.62. The summed E-state index contributed by atoms with van der Waals surface area (Å²) in [5.74, 6) is 0.204. The third-order valence-electron chi connectivity index (χ3n) is 3.49. The number of carbonyl (C=O) groups is 1. The molecule has 0 unspecified atom stereocenters. The van der Waals surface area contributed by atoms with Crippen LogP contribution in [0.5, 0.6) is 0 Å². The molecule has 1 aromatic heterocycles. The molecule has 4 N–H and O–H groups in total. The maximum absolute atomic E-state index is 12.3. The molecule has 2 aromatic carbocycles. The highest BCUT2D eigenvalue weighted by Gasteiger charge is 2.16. The fourth-order valence-corrected chi connectivity index (χ4v) is 3.21. The first kappa shape index (κ1) is 17.5. The number of aryl methyl sites for hydroxylation is 1. The van der Waals surface area contributed by atoms with Gasteiger partial charge in [0.1, 0.15) is 5.76 Å². The lowest BCUT2D eigenvalue weighted by Gasteiger charge is -2.09. The monoisotopic (exact) mass is 372 g/mol. The molecule has 134 valence electrons. The fraction of sp³-hybridized carbons (Fsp3) is 0.0588. The van der Waals surface area contributed by atoms with Crippen LogP contribution in [-0.4, -0.2) is 19.5 Å². The average Bonchev–Trinajstić information content (AvgIpc) is 3.00. The number of hydrogen-bond donors (Lipinski definition) is 3. The van der Waals surface area contributed by atoms with Crippen LogP contribution in [0.25, 0.3) is 0 Å². The largest absolute Gasteiger partial charge is 0.398 e. The molecular formula is C17H16N4O4S. The molecule has 8 nitrogen and oxygen atoms in total. The van der Waals surface area contributed by atoms with Gasteiger partial charge in [-0.1, -0.05) is 17.3 Å². The Morgan fingerprint density at radius 2 is 1.81 bits per heavy atom. The topological polar surface area (TPSA) is 127 Å². The number of nitrogens with one attached hydrogen (secondary N) is 2. The summed E-state index contributed by atoms with van der Waals surface area (Å²) in [6.45, 7) is 1.65. The molecule has 1 amide bonds. The Morgan fingerprint density at radius 1 is 1.12 bits per heavy atom. The lowest BCUT2D eigenvalue weighted by molar-refractivity contribution is 0.102. The van der Waals surface area contributed by atoms with E-state index in [0.717, 1.165) is 0 Å². The third-order valence-corrected chi connectivity index (χ3v) is 4.87. The molecule has 0 bridgehead atoms. The molecule has 0 spiro atoms. The van der Waals surface area contributed by atoms with Crippen LogP contribution in [0, 0.1) is 6.92 Å². The van der Waals surface area contributed by atoms with E-state index in [-0.39, 0.29) is 16.6 Å². The zero-order valence-electron chi connectivity index (χ0n) is 13.8. The second-order valence-corrected chi connectivity index (χ2v) is 7.18. The van der Waals surface area contributed by atoms with Crippen LogP contribution in [-0.2, 0) is 10.0 Å². The molecule has 26 heavy (non-hydrogen) atoms. The van der Waals surface area contributed by atoms with E-state index >= 15 is 0 Å². The summed E-state index contributed by atoms with van der Waals surface area (Å²) in [6.07, 6.45) is 0. The second kappa shape index (κ2) is 6.89. The number of nitrogen functional groups attached to an aromatic ring is 1. The summed E-state index contributed by atoms with van der Waals surface area (Å²) < 4.78 is 31.8. The van der Waals surface area contributed by atoms with Crippen LogP contribution in [0.3, 0.4) is 0 Å². The van der Waals surface area contributed by atoms with Gasteiger partial charge in [0.05, 0.1) is 10.5 Å². The Labute approximate surface area is 150 Å². The second-order valence-electron chi connectivity index (χ2n) is 5.49. The molecular weight excluding hydrogens is 356 g/mol. The van der Waals surface area contributed by atoms with Gasteiger partial charge in [-0.15, -0.1) is 0 Å². The molecule has 0 fully saturated rings. The standard InChI is InChI=1S/C17H16N4O4S/c1-11-10-16(20-25-11)21-26(23,24)13-8-6-12(7-9-13)19-17(22)14-4-2-3-5-15(14)18/h2-10H,18H2,1H3,(H,19,22)(H,20,21). The highest BCUT2D eigenvalue weighted by Crippen LogP contribution is 2.19. The first-order chi connectivity index (χ1) is 12.3. The van der Waals surface area contributed by atoms with Gasteiger partial charge >= 0.3 is 0 Å². The SMILES string of the molecule is Cc1cc(NS(=O)(=O)c2ccc(NC(=O)c3ccccc3N)cc2)no1. The van der Waals surface area contributed by atoms with Crippen molar-refractivity contribution in [3.8, 4) is 0 Å². The number of rotatable bonds is 5. The molecule has 0 aliphatic carbocycles. The van der Waals surface area contributed by atoms with Crippen molar-refractivity contribution in [1.82, 2.24) is 5.16 Å². The Hall–Kier alpha value is -3.33. The molecule has 1 heterocycles. The highest BCUT2D eigenvalue weighted by molar-refractivity contribution is 7.92.